The molecule has 9 nitrogen and oxygen atoms in total. The lowest BCUT2D eigenvalue weighted by Crippen LogP contribution is -2.17. The van der Waals surface area contributed by atoms with Gasteiger partial charge in [-0.15, -0.1) is 0 Å². The summed E-state index contributed by atoms with van der Waals surface area (Å²) in [7, 11) is 3.35. The Balaban J connectivity index is 1.82. The SMILES string of the molecule is Cc1ccn2c(=O)cc(COC(=O)c3ccc(N(C)C)c([N+](=O)[O-])c3)nc2c1. The van der Waals surface area contributed by atoms with Gasteiger partial charge in [-0.05, 0) is 36.8 Å². The van der Waals surface area contributed by atoms with Crippen molar-refractivity contribution < 1.29 is 14.5 Å². The highest BCUT2D eigenvalue weighted by molar-refractivity contribution is 5.91. The molecule has 0 saturated heterocycles. The third-order valence-electron chi connectivity index (χ3n) is 4.12. The lowest BCUT2D eigenvalue weighted by atomic mass is 10.1. The van der Waals surface area contributed by atoms with Crippen LogP contribution in [-0.2, 0) is 11.3 Å². The van der Waals surface area contributed by atoms with Crippen molar-refractivity contribution >= 4 is 23.0 Å². The van der Waals surface area contributed by atoms with Gasteiger partial charge >= 0.3 is 5.97 Å². The van der Waals surface area contributed by atoms with E-state index in [1.807, 2.05) is 6.92 Å². The van der Waals surface area contributed by atoms with Crippen molar-refractivity contribution in [3.05, 3.63) is 79.9 Å². The predicted octanol–water partition coefficient (Wildman–Crippen LogP) is 2.33. The molecule has 0 unspecified atom stereocenters. The maximum atomic E-state index is 12.3. The van der Waals surface area contributed by atoms with Crippen molar-refractivity contribution in [1.29, 1.82) is 0 Å². The number of fused-ring (bicyclic) bond motifs is 1. The number of benzene rings is 1. The summed E-state index contributed by atoms with van der Waals surface area (Å²) >= 11 is 0. The second kappa shape index (κ2) is 7.47. The van der Waals surface area contributed by atoms with Crippen molar-refractivity contribution in [3.63, 3.8) is 0 Å². The van der Waals surface area contributed by atoms with Crippen LogP contribution in [0.5, 0.6) is 0 Å². The number of carbonyl (C=O) groups excluding carboxylic acids is 1. The number of pyridine rings is 1. The molecule has 0 bridgehead atoms. The summed E-state index contributed by atoms with van der Waals surface area (Å²) in [4.78, 5) is 41.1. The molecular formula is C19H18N4O5. The zero-order valence-corrected chi connectivity index (χ0v) is 15.6. The first-order chi connectivity index (χ1) is 13.3. The molecule has 9 heteroatoms. The smallest absolute Gasteiger partial charge is 0.338 e. The van der Waals surface area contributed by atoms with E-state index in [2.05, 4.69) is 4.98 Å². The van der Waals surface area contributed by atoms with Gasteiger partial charge in [0.2, 0.25) is 0 Å². The molecule has 144 valence electrons. The predicted molar refractivity (Wildman–Crippen MR) is 103 cm³/mol. The highest BCUT2D eigenvalue weighted by Gasteiger charge is 2.19. The Morgan fingerprint density at radius 1 is 1.25 bits per heavy atom. The van der Waals surface area contributed by atoms with E-state index in [0.717, 1.165) is 5.56 Å². The Bertz CT molecular complexity index is 1140. The van der Waals surface area contributed by atoms with Gasteiger partial charge in [-0.25, -0.2) is 9.78 Å². The first-order valence-electron chi connectivity index (χ1n) is 8.38. The largest absolute Gasteiger partial charge is 0.456 e. The monoisotopic (exact) mass is 382 g/mol. The number of anilines is 1. The van der Waals surface area contributed by atoms with Gasteiger partial charge in [-0.1, -0.05) is 0 Å². The quantitative estimate of drug-likeness (QED) is 0.379. The summed E-state index contributed by atoms with van der Waals surface area (Å²) in [5.41, 5.74) is 1.62. The van der Waals surface area contributed by atoms with E-state index in [1.165, 1.54) is 28.7 Å². The third-order valence-corrected chi connectivity index (χ3v) is 4.12. The van der Waals surface area contributed by atoms with Gasteiger partial charge in [0.25, 0.3) is 11.2 Å². The summed E-state index contributed by atoms with van der Waals surface area (Å²) in [5, 5.41) is 11.2. The molecule has 0 aliphatic rings. The molecule has 0 amide bonds. The van der Waals surface area contributed by atoms with Crippen LogP contribution in [0.1, 0.15) is 21.6 Å². The van der Waals surface area contributed by atoms with Gasteiger partial charge in [-0.2, -0.15) is 0 Å². The van der Waals surface area contributed by atoms with E-state index < -0.39 is 10.9 Å². The van der Waals surface area contributed by atoms with E-state index in [1.54, 1.807) is 37.3 Å². The minimum absolute atomic E-state index is 0.0469. The molecule has 2 aromatic heterocycles. The molecular weight excluding hydrogens is 364 g/mol. The Kier molecular flexibility index (Phi) is 5.08. The number of ether oxygens (including phenoxy) is 1. The van der Waals surface area contributed by atoms with Gasteiger partial charge in [0, 0.05) is 32.4 Å². The van der Waals surface area contributed by atoms with Gasteiger partial charge in [0.15, 0.2) is 0 Å². The van der Waals surface area contributed by atoms with Crippen molar-refractivity contribution in [3.8, 4) is 0 Å². The van der Waals surface area contributed by atoms with Crippen LogP contribution in [0, 0.1) is 17.0 Å². The number of hydrogen-bond acceptors (Lipinski definition) is 7. The fourth-order valence-electron chi connectivity index (χ4n) is 2.73. The van der Waals surface area contributed by atoms with E-state index in [9.17, 15) is 19.7 Å². The number of nitro groups is 1. The molecule has 0 spiro atoms. The van der Waals surface area contributed by atoms with Crippen LogP contribution in [0.25, 0.3) is 5.65 Å². The Hall–Kier alpha value is -3.75. The maximum Gasteiger partial charge on any atom is 0.338 e. The highest BCUT2D eigenvalue weighted by atomic mass is 16.6. The van der Waals surface area contributed by atoms with E-state index in [4.69, 9.17) is 4.74 Å². The number of esters is 1. The van der Waals surface area contributed by atoms with Crippen LogP contribution in [-0.4, -0.2) is 34.4 Å². The zero-order valence-electron chi connectivity index (χ0n) is 15.6. The summed E-state index contributed by atoms with van der Waals surface area (Å²) in [6, 6.07) is 8.93. The van der Waals surface area contributed by atoms with Crippen molar-refractivity contribution in [2.24, 2.45) is 0 Å². The maximum absolute atomic E-state index is 12.3. The van der Waals surface area contributed by atoms with Crippen LogP contribution in [0.3, 0.4) is 0 Å². The van der Waals surface area contributed by atoms with Gasteiger partial charge in [0.05, 0.1) is 16.2 Å². The Labute approximate surface area is 160 Å². The molecule has 2 heterocycles. The van der Waals surface area contributed by atoms with Crippen LogP contribution in [0.2, 0.25) is 0 Å². The molecule has 0 aliphatic heterocycles. The molecule has 0 aliphatic carbocycles. The Morgan fingerprint density at radius 3 is 2.68 bits per heavy atom. The van der Waals surface area contributed by atoms with Crippen molar-refractivity contribution in [1.82, 2.24) is 9.38 Å². The third kappa shape index (κ3) is 3.83. The molecule has 0 fully saturated rings. The first-order valence-corrected chi connectivity index (χ1v) is 8.38. The topological polar surface area (TPSA) is 107 Å². The number of aromatic nitrogens is 2. The Morgan fingerprint density at radius 2 is 2.00 bits per heavy atom. The summed E-state index contributed by atoms with van der Waals surface area (Å²) in [6.45, 7) is 1.66. The first kappa shape index (κ1) is 19.0. The van der Waals surface area contributed by atoms with Crippen LogP contribution >= 0.6 is 0 Å². The van der Waals surface area contributed by atoms with E-state index in [-0.39, 0.29) is 23.4 Å². The standard InChI is InChI=1S/C19H18N4O5/c1-12-6-7-22-17(8-12)20-14(10-18(22)24)11-28-19(25)13-4-5-15(21(2)3)16(9-13)23(26)27/h4-10H,11H2,1-3H3. The summed E-state index contributed by atoms with van der Waals surface area (Å²) < 4.78 is 6.59. The zero-order chi connectivity index (χ0) is 20.4. The lowest BCUT2D eigenvalue weighted by molar-refractivity contribution is -0.384. The number of carbonyl (C=O) groups is 1. The fraction of sp³-hybridized carbons (Fsp3) is 0.211. The molecule has 0 N–H and O–H groups in total. The molecule has 0 radical (unpaired) electrons. The molecule has 1 aromatic carbocycles. The normalized spacial score (nSPS) is 10.7. The van der Waals surface area contributed by atoms with Crippen LogP contribution in [0.15, 0.2) is 47.4 Å². The molecule has 0 saturated carbocycles. The number of hydrogen-bond donors (Lipinski definition) is 0. The van der Waals surface area contributed by atoms with Crippen LogP contribution < -0.4 is 10.5 Å². The number of nitro benzene ring substituents is 1. The second-order valence-corrected chi connectivity index (χ2v) is 6.45. The minimum Gasteiger partial charge on any atom is -0.456 e. The number of rotatable bonds is 5. The summed E-state index contributed by atoms with van der Waals surface area (Å²) in [5.74, 6) is -0.736. The number of aryl methyl sites for hydroxylation is 1. The van der Waals surface area contributed by atoms with Gasteiger partial charge < -0.3 is 9.64 Å². The number of nitrogens with zero attached hydrogens (tertiary/aromatic N) is 4. The van der Waals surface area contributed by atoms with Crippen LogP contribution in [0.4, 0.5) is 11.4 Å². The lowest BCUT2D eigenvalue weighted by Gasteiger charge is -2.13. The van der Waals surface area contributed by atoms with Crippen molar-refractivity contribution in [2.45, 2.75) is 13.5 Å². The molecule has 3 rings (SSSR count). The molecule has 3 aromatic rings. The summed E-state index contributed by atoms with van der Waals surface area (Å²) in [6.07, 6.45) is 1.63. The average Bonchev–Trinajstić information content (AvgIpc) is 2.65. The van der Waals surface area contributed by atoms with E-state index in [0.29, 0.717) is 17.0 Å². The van der Waals surface area contributed by atoms with Crippen molar-refractivity contribution in [2.75, 3.05) is 19.0 Å². The van der Waals surface area contributed by atoms with Gasteiger partial charge in [0.1, 0.15) is 17.9 Å². The molecule has 28 heavy (non-hydrogen) atoms. The second-order valence-electron chi connectivity index (χ2n) is 6.45. The highest BCUT2D eigenvalue weighted by Crippen LogP contribution is 2.28. The average molecular weight is 382 g/mol. The van der Waals surface area contributed by atoms with E-state index >= 15 is 0 Å². The molecule has 0 atom stereocenters. The minimum atomic E-state index is -0.736. The fourth-order valence-corrected chi connectivity index (χ4v) is 2.73. The van der Waals surface area contributed by atoms with Gasteiger partial charge in [-0.3, -0.25) is 19.3 Å².